The Hall–Kier alpha value is -2.52. The van der Waals surface area contributed by atoms with Crippen LogP contribution in [0.5, 0.6) is 5.88 Å². The Bertz CT molecular complexity index is 1100. The highest BCUT2D eigenvalue weighted by Gasteiger charge is 2.20. The van der Waals surface area contributed by atoms with E-state index in [1.165, 1.54) is 15.9 Å². The molecule has 2 heterocycles. The van der Waals surface area contributed by atoms with Crippen LogP contribution in [0.3, 0.4) is 0 Å². The maximum atomic E-state index is 12.4. The van der Waals surface area contributed by atoms with E-state index in [2.05, 4.69) is 26.2 Å². The lowest BCUT2D eigenvalue weighted by Gasteiger charge is -2.06. The zero-order chi connectivity index (χ0) is 20.4. The third-order valence-corrected chi connectivity index (χ3v) is 5.83. The summed E-state index contributed by atoms with van der Waals surface area (Å²) in [5.74, 6) is -1.22. The van der Waals surface area contributed by atoms with E-state index < -0.39 is 11.9 Å². The Labute approximate surface area is 173 Å². The molecule has 3 aromatic rings. The van der Waals surface area contributed by atoms with Gasteiger partial charge in [0.05, 0.1) is 17.7 Å². The molecule has 3 rings (SSSR count). The molecule has 0 atom stereocenters. The molecule has 9 heteroatoms. The lowest BCUT2D eigenvalue weighted by atomic mass is 10.2. The van der Waals surface area contributed by atoms with Crippen LogP contribution in [0.4, 0.5) is 5.69 Å². The van der Waals surface area contributed by atoms with E-state index in [0.29, 0.717) is 16.5 Å². The number of hydrogen-bond donors (Lipinski definition) is 1. The predicted molar refractivity (Wildman–Crippen MR) is 111 cm³/mol. The topological polar surface area (TPSA) is 93.2 Å². The van der Waals surface area contributed by atoms with Crippen LogP contribution >= 0.6 is 27.3 Å². The normalized spacial score (nSPS) is 11.4. The van der Waals surface area contributed by atoms with Gasteiger partial charge in [-0.05, 0) is 44.5 Å². The number of aromatic nitrogens is 1. The number of carbonyl (C=O) groups is 2. The van der Waals surface area contributed by atoms with Crippen molar-refractivity contribution in [3.8, 4) is 5.88 Å². The van der Waals surface area contributed by atoms with Crippen LogP contribution in [0.25, 0.3) is 10.9 Å². The first-order valence-corrected chi connectivity index (χ1v) is 10.2. The predicted octanol–water partition coefficient (Wildman–Crippen LogP) is 5.27. The van der Waals surface area contributed by atoms with Crippen molar-refractivity contribution >= 4 is 55.7 Å². The monoisotopic (exact) mass is 463 g/mol. The average Bonchev–Trinajstić information content (AvgIpc) is 3.11. The summed E-state index contributed by atoms with van der Waals surface area (Å²) in [6.45, 7) is 5.56. The fraction of sp³-hybridized carbons (Fsp3) is 0.263. The third-order valence-electron chi connectivity index (χ3n) is 4.32. The van der Waals surface area contributed by atoms with E-state index >= 15 is 0 Å². The lowest BCUT2D eigenvalue weighted by molar-refractivity contribution is -0.143. The number of nitrogens with zero attached hydrogens (tertiary/aromatic N) is 3. The Kier molecular flexibility index (Phi) is 5.95. The van der Waals surface area contributed by atoms with Gasteiger partial charge in [0.2, 0.25) is 5.88 Å². The molecule has 146 valence electrons. The number of thiophene rings is 1. The molecule has 2 aromatic heterocycles. The number of halogens is 1. The molecule has 28 heavy (non-hydrogen) atoms. The second-order valence-corrected chi connectivity index (χ2v) is 8.06. The van der Waals surface area contributed by atoms with Crippen molar-refractivity contribution in [2.45, 2.75) is 27.3 Å². The van der Waals surface area contributed by atoms with Crippen LogP contribution in [0.15, 0.2) is 38.3 Å². The lowest BCUT2D eigenvalue weighted by Crippen LogP contribution is -2.12. The molecule has 1 aromatic carbocycles. The number of fused-ring (bicyclic) bond motifs is 1. The van der Waals surface area contributed by atoms with Crippen molar-refractivity contribution in [1.82, 2.24) is 4.57 Å². The highest BCUT2D eigenvalue weighted by Crippen LogP contribution is 2.40. The Morgan fingerprint density at radius 2 is 2.07 bits per heavy atom. The van der Waals surface area contributed by atoms with Gasteiger partial charge >= 0.3 is 5.97 Å². The van der Waals surface area contributed by atoms with Gasteiger partial charge in [0.1, 0.15) is 6.54 Å². The van der Waals surface area contributed by atoms with Gasteiger partial charge in [0, 0.05) is 20.1 Å². The number of aryl methyl sites for hydroxylation is 1. The number of hydrogen-bond acceptors (Lipinski definition) is 6. The smallest absolute Gasteiger partial charge is 0.326 e. The van der Waals surface area contributed by atoms with Crippen LogP contribution in [0.2, 0.25) is 0 Å². The second-order valence-electron chi connectivity index (χ2n) is 6.06. The molecule has 7 nitrogen and oxygen atoms in total. The molecule has 0 aliphatic rings. The standard InChI is InChI=1S/C19H18BrN3O4S/c1-4-27-16(24)8-23-15-6-5-12(20)7-13(15)17(19(23)26)21-22-18(25)14-9-28-11(3)10(14)2/h5-7,9,26H,4,8H2,1-3H3. The third kappa shape index (κ3) is 3.85. The van der Waals surface area contributed by atoms with Gasteiger partial charge in [0.25, 0.3) is 5.91 Å². The summed E-state index contributed by atoms with van der Waals surface area (Å²) < 4.78 is 7.12. The quantitative estimate of drug-likeness (QED) is 0.411. The van der Waals surface area contributed by atoms with Crippen molar-refractivity contribution in [2.75, 3.05) is 6.61 Å². The highest BCUT2D eigenvalue weighted by atomic mass is 79.9. The number of esters is 1. The summed E-state index contributed by atoms with van der Waals surface area (Å²) in [5.41, 5.74) is 2.06. The molecule has 0 aliphatic heterocycles. The number of benzene rings is 1. The van der Waals surface area contributed by atoms with Gasteiger partial charge in [0.15, 0.2) is 5.69 Å². The molecule has 0 unspecified atom stereocenters. The molecule has 0 saturated heterocycles. The molecule has 0 bridgehead atoms. The molecule has 1 amide bonds. The zero-order valence-corrected chi connectivity index (χ0v) is 17.9. The van der Waals surface area contributed by atoms with Crippen molar-refractivity contribution in [1.29, 1.82) is 0 Å². The van der Waals surface area contributed by atoms with E-state index in [1.807, 2.05) is 13.8 Å². The van der Waals surface area contributed by atoms with Crippen molar-refractivity contribution in [3.05, 3.63) is 44.1 Å². The first kappa shape index (κ1) is 20.2. The Morgan fingerprint density at radius 1 is 1.32 bits per heavy atom. The van der Waals surface area contributed by atoms with E-state index in [1.54, 1.807) is 30.5 Å². The van der Waals surface area contributed by atoms with E-state index in [9.17, 15) is 14.7 Å². The van der Waals surface area contributed by atoms with E-state index in [4.69, 9.17) is 4.74 Å². The van der Waals surface area contributed by atoms with Crippen LogP contribution in [-0.2, 0) is 16.1 Å². The second kappa shape index (κ2) is 8.24. The maximum absolute atomic E-state index is 12.4. The number of carbonyl (C=O) groups excluding carboxylic acids is 2. The minimum absolute atomic E-state index is 0.124. The van der Waals surface area contributed by atoms with Crippen LogP contribution in [0, 0.1) is 13.8 Å². The van der Waals surface area contributed by atoms with Crippen LogP contribution in [0.1, 0.15) is 27.7 Å². The summed E-state index contributed by atoms with van der Waals surface area (Å²) in [6.07, 6.45) is 0. The van der Waals surface area contributed by atoms with Gasteiger partial charge in [-0.2, -0.15) is 0 Å². The fourth-order valence-corrected chi connectivity index (χ4v) is 3.98. The van der Waals surface area contributed by atoms with Gasteiger partial charge in [-0.1, -0.05) is 15.9 Å². The Balaban J connectivity index is 2.03. The number of amides is 1. The largest absolute Gasteiger partial charge is 0.493 e. The van der Waals surface area contributed by atoms with Gasteiger partial charge in [-0.3, -0.25) is 14.2 Å². The highest BCUT2D eigenvalue weighted by molar-refractivity contribution is 9.10. The average molecular weight is 464 g/mol. The summed E-state index contributed by atoms with van der Waals surface area (Å²) in [7, 11) is 0. The first-order chi connectivity index (χ1) is 13.3. The number of aromatic hydroxyl groups is 1. The van der Waals surface area contributed by atoms with Crippen molar-refractivity contribution < 1.29 is 19.4 Å². The summed E-state index contributed by atoms with van der Waals surface area (Å²) in [6, 6.07) is 5.27. The molecule has 1 N–H and O–H groups in total. The first-order valence-electron chi connectivity index (χ1n) is 8.50. The number of rotatable bonds is 5. The van der Waals surface area contributed by atoms with Crippen molar-refractivity contribution in [2.24, 2.45) is 10.2 Å². The zero-order valence-electron chi connectivity index (χ0n) is 15.5. The minimum Gasteiger partial charge on any atom is -0.493 e. The minimum atomic E-state index is -0.485. The fourth-order valence-electron chi connectivity index (χ4n) is 2.76. The van der Waals surface area contributed by atoms with Gasteiger partial charge in [-0.15, -0.1) is 21.6 Å². The van der Waals surface area contributed by atoms with Crippen molar-refractivity contribution in [3.63, 3.8) is 0 Å². The Morgan fingerprint density at radius 3 is 2.71 bits per heavy atom. The van der Waals surface area contributed by atoms with Crippen LogP contribution in [-0.4, -0.2) is 28.2 Å². The molecular formula is C19H18BrN3O4S. The molecule has 0 radical (unpaired) electrons. The summed E-state index contributed by atoms with van der Waals surface area (Å²) in [5, 5.41) is 20.8. The molecule has 0 aliphatic carbocycles. The summed E-state index contributed by atoms with van der Waals surface area (Å²) in [4.78, 5) is 25.4. The molecule has 0 spiro atoms. The van der Waals surface area contributed by atoms with E-state index in [0.717, 1.165) is 14.9 Å². The number of ether oxygens (including phenoxy) is 1. The SMILES string of the molecule is CCOC(=O)Cn1c(O)c(N=NC(=O)c2csc(C)c2C)c2cc(Br)ccc21. The maximum Gasteiger partial charge on any atom is 0.326 e. The summed E-state index contributed by atoms with van der Waals surface area (Å²) >= 11 is 4.86. The van der Waals surface area contributed by atoms with E-state index in [-0.39, 0.29) is 24.7 Å². The molecular weight excluding hydrogens is 446 g/mol. The van der Waals surface area contributed by atoms with Gasteiger partial charge < -0.3 is 9.84 Å². The molecule has 0 saturated carbocycles. The van der Waals surface area contributed by atoms with Gasteiger partial charge in [-0.25, -0.2) is 0 Å². The molecule has 0 fully saturated rings. The van der Waals surface area contributed by atoms with Crippen LogP contribution < -0.4 is 0 Å². The number of azo groups is 1.